The molecular formula is C21H24FN3O2. The summed E-state index contributed by atoms with van der Waals surface area (Å²) < 4.78 is 16.0. The van der Waals surface area contributed by atoms with Gasteiger partial charge in [-0.25, -0.2) is 4.39 Å². The van der Waals surface area contributed by atoms with Gasteiger partial charge in [-0.15, -0.1) is 0 Å². The molecule has 0 bridgehead atoms. The Morgan fingerprint density at radius 1 is 1.11 bits per heavy atom. The number of hydrogen-bond acceptors (Lipinski definition) is 2. The number of carbonyl (C=O) groups excluding carboxylic acids is 2. The third-order valence-electron chi connectivity index (χ3n) is 5.63. The quantitative estimate of drug-likeness (QED) is 0.881. The molecule has 2 heterocycles. The van der Waals surface area contributed by atoms with Crippen LogP contribution in [0, 0.1) is 0 Å². The Hall–Kier alpha value is -2.63. The fraction of sp³-hybridized carbons (Fsp3) is 0.429. The lowest BCUT2D eigenvalue weighted by Crippen LogP contribution is -2.55. The minimum Gasteiger partial charge on any atom is -0.354 e. The first-order valence-electron chi connectivity index (χ1n) is 9.56. The number of halogens is 1. The summed E-state index contributed by atoms with van der Waals surface area (Å²) in [6, 6.07) is 13.3. The van der Waals surface area contributed by atoms with E-state index in [9.17, 15) is 14.0 Å². The summed E-state index contributed by atoms with van der Waals surface area (Å²) in [5.41, 5.74) is 1.74. The van der Waals surface area contributed by atoms with E-state index in [4.69, 9.17) is 0 Å². The van der Waals surface area contributed by atoms with Crippen molar-refractivity contribution in [1.29, 1.82) is 0 Å². The number of carbonyl (C=O) groups is 2. The molecule has 1 aliphatic carbocycles. The molecule has 1 saturated carbocycles. The number of aromatic nitrogens is 1. The maximum Gasteiger partial charge on any atom is 0.271 e. The first kappa shape index (κ1) is 17.8. The van der Waals surface area contributed by atoms with Crippen LogP contribution < -0.4 is 5.32 Å². The second-order valence-electron chi connectivity index (χ2n) is 7.36. The monoisotopic (exact) mass is 369 g/mol. The minimum absolute atomic E-state index is 0.0211. The van der Waals surface area contributed by atoms with Crippen molar-refractivity contribution in [3.05, 3.63) is 59.9 Å². The predicted octanol–water partition coefficient (Wildman–Crippen LogP) is 2.73. The Bertz CT molecular complexity index is 820. The van der Waals surface area contributed by atoms with Crippen molar-refractivity contribution in [1.82, 2.24) is 14.8 Å². The van der Waals surface area contributed by atoms with Crippen LogP contribution in [0.4, 0.5) is 4.39 Å². The Balaban J connectivity index is 1.42. The molecule has 2 aliphatic rings. The topological polar surface area (TPSA) is 54.3 Å². The largest absolute Gasteiger partial charge is 0.354 e. The molecule has 0 saturated heterocycles. The molecule has 2 amide bonds. The molecule has 6 heteroatoms. The van der Waals surface area contributed by atoms with Crippen molar-refractivity contribution in [3.63, 3.8) is 0 Å². The highest BCUT2D eigenvalue weighted by molar-refractivity contribution is 5.96. The fourth-order valence-corrected chi connectivity index (χ4v) is 4.29. The van der Waals surface area contributed by atoms with Gasteiger partial charge in [0, 0.05) is 19.2 Å². The van der Waals surface area contributed by atoms with Crippen LogP contribution in [0.2, 0.25) is 0 Å². The molecule has 1 aromatic heterocycles. The zero-order valence-electron chi connectivity index (χ0n) is 15.2. The molecule has 1 fully saturated rings. The van der Waals surface area contributed by atoms with Crippen molar-refractivity contribution in [2.24, 2.45) is 0 Å². The van der Waals surface area contributed by atoms with Crippen LogP contribution in [0.5, 0.6) is 0 Å². The van der Waals surface area contributed by atoms with Crippen LogP contribution in [0.1, 0.15) is 41.4 Å². The zero-order valence-corrected chi connectivity index (χ0v) is 15.2. The summed E-state index contributed by atoms with van der Waals surface area (Å²) in [6.07, 6.45) is 3.20. The first-order chi connectivity index (χ1) is 13.1. The van der Waals surface area contributed by atoms with Gasteiger partial charge in [-0.3, -0.25) is 9.59 Å². The van der Waals surface area contributed by atoms with E-state index >= 15 is 0 Å². The summed E-state index contributed by atoms with van der Waals surface area (Å²) in [6.45, 7) is 0.494. The molecule has 0 radical (unpaired) electrons. The number of amides is 2. The van der Waals surface area contributed by atoms with Crippen LogP contribution in [0.3, 0.4) is 0 Å². The summed E-state index contributed by atoms with van der Waals surface area (Å²) in [4.78, 5) is 26.9. The zero-order chi connectivity index (χ0) is 18.8. The Morgan fingerprint density at radius 3 is 2.74 bits per heavy atom. The van der Waals surface area contributed by atoms with Gasteiger partial charge < -0.3 is 14.8 Å². The van der Waals surface area contributed by atoms with Crippen molar-refractivity contribution >= 4 is 11.8 Å². The van der Waals surface area contributed by atoms with E-state index in [1.54, 1.807) is 11.0 Å². The molecule has 1 aromatic carbocycles. The number of nitrogens with one attached hydrogen (secondary N) is 1. The highest BCUT2D eigenvalue weighted by Gasteiger charge is 2.43. The first-order valence-corrected chi connectivity index (χ1v) is 9.56. The van der Waals surface area contributed by atoms with Crippen LogP contribution in [0.15, 0.2) is 48.7 Å². The van der Waals surface area contributed by atoms with E-state index in [1.165, 1.54) is 0 Å². The molecule has 3 atom stereocenters. The molecule has 1 N–H and O–H groups in total. The highest BCUT2D eigenvalue weighted by atomic mass is 19.1. The summed E-state index contributed by atoms with van der Waals surface area (Å²) in [5.74, 6) is -0.382. The second kappa shape index (κ2) is 7.55. The Kier molecular flexibility index (Phi) is 4.97. The number of hydrogen-bond donors (Lipinski definition) is 1. The summed E-state index contributed by atoms with van der Waals surface area (Å²) in [7, 11) is 0. The molecule has 2 aromatic rings. The molecular weight excluding hydrogens is 345 g/mol. The number of alkyl halides is 1. The fourth-order valence-electron chi connectivity index (χ4n) is 4.29. The average molecular weight is 369 g/mol. The molecule has 3 unspecified atom stereocenters. The SMILES string of the molecule is O=C(CN1C(=O)c2cccn2C2CCC(F)CC21)NCCc1ccccc1. The van der Waals surface area contributed by atoms with E-state index in [1.807, 2.05) is 47.2 Å². The van der Waals surface area contributed by atoms with Gasteiger partial charge in [0.05, 0.1) is 12.1 Å². The third-order valence-corrected chi connectivity index (χ3v) is 5.63. The van der Waals surface area contributed by atoms with Crippen molar-refractivity contribution in [3.8, 4) is 0 Å². The van der Waals surface area contributed by atoms with Gasteiger partial charge in [0.15, 0.2) is 0 Å². The molecule has 4 rings (SSSR count). The van der Waals surface area contributed by atoms with E-state index in [2.05, 4.69) is 5.32 Å². The predicted molar refractivity (Wildman–Crippen MR) is 100 cm³/mol. The standard InChI is InChI=1S/C21H24FN3O2/c22-16-8-9-17-19(13-16)25(21(27)18-7-4-12-24(17)18)14-20(26)23-11-10-15-5-2-1-3-6-15/h1-7,12,16-17,19H,8-11,13-14H2,(H,23,26). The normalized spacial score (nSPS) is 24.3. The smallest absolute Gasteiger partial charge is 0.271 e. The van der Waals surface area contributed by atoms with Gasteiger partial charge in [0.1, 0.15) is 18.4 Å². The van der Waals surface area contributed by atoms with E-state index in [0.717, 1.165) is 12.0 Å². The molecule has 27 heavy (non-hydrogen) atoms. The van der Waals surface area contributed by atoms with Crippen molar-refractivity contribution in [2.45, 2.75) is 43.9 Å². The maximum absolute atomic E-state index is 14.0. The van der Waals surface area contributed by atoms with E-state index < -0.39 is 6.17 Å². The van der Waals surface area contributed by atoms with Gasteiger partial charge in [0.2, 0.25) is 5.91 Å². The summed E-state index contributed by atoms with van der Waals surface area (Å²) >= 11 is 0. The lowest BCUT2D eigenvalue weighted by Gasteiger charge is -2.45. The molecule has 142 valence electrons. The number of benzene rings is 1. The van der Waals surface area contributed by atoms with E-state index in [0.29, 0.717) is 31.5 Å². The molecule has 0 spiro atoms. The number of fused-ring (bicyclic) bond motifs is 3. The third kappa shape index (κ3) is 3.61. The van der Waals surface area contributed by atoms with Crippen LogP contribution in [-0.4, -0.2) is 46.6 Å². The van der Waals surface area contributed by atoms with E-state index in [-0.39, 0.29) is 30.4 Å². The van der Waals surface area contributed by atoms with Crippen LogP contribution in [0.25, 0.3) is 0 Å². The van der Waals surface area contributed by atoms with Crippen LogP contribution in [-0.2, 0) is 11.2 Å². The minimum atomic E-state index is -0.917. The van der Waals surface area contributed by atoms with Crippen molar-refractivity contribution < 1.29 is 14.0 Å². The van der Waals surface area contributed by atoms with Crippen molar-refractivity contribution in [2.75, 3.05) is 13.1 Å². The number of rotatable bonds is 5. The van der Waals surface area contributed by atoms with Gasteiger partial charge in [-0.05, 0) is 37.0 Å². The molecule has 5 nitrogen and oxygen atoms in total. The van der Waals surface area contributed by atoms with Gasteiger partial charge in [0.25, 0.3) is 5.91 Å². The highest BCUT2D eigenvalue weighted by Crippen LogP contribution is 2.38. The number of nitrogens with zero attached hydrogens (tertiary/aromatic N) is 2. The lowest BCUT2D eigenvalue weighted by atomic mass is 9.86. The van der Waals surface area contributed by atoms with Crippen LogP contribution >= 0.6 is 0 Å². The second-order valence-corrected chi connectivity index (χ2v) is 7.36. The maximum atomic E-state index is 14.0. The Morgan fingerprint density at radius 2 is 1.93 bits per heavy atom. The Labute approximate surface area is 158 Å². The lowest BCUT2D eigenvalue weighted by molar-refractivity contribution is -0.122. The summed E-state index contributed by atoms with van der Waals surface area (Å²) in [5, 5.41) is 2.89. The van der Waals surface area contributed by atoms with Gasteiger partial charge >= 0.3 is 0 Å². The molecule has 1 aliphatic heterocycles. The average Bonchev–Trinajstić information content (AvgIpc) is 3.16. The van der Waals surface area contributed by atoms with Gasteiger partial charge in [-0.2, -0.15) is 0 Å². The van der Waals surface area contributed by atoms with Gasteiger partial charge in [-0.1, -0.05) is 30.3 Å².